The van der Waals surface area contributed by atoms with E-state index in [0.717, 1.165) is 50.8 Å². The van der Waals surface area contributed by atoms with Gasteiger partial charge in [-0.15, -0.1) is 5.10 Å². The Morgan fingerprint density at radius 1 is 0.893 bits per heavy atom. The van der Waals surface area contributed by atoms with Crippen molar-refractivity contribution >= 4 is 75.9 Å². The number of carbonyl (C=O) groups is 9. The largest absolute Gasteiger partial charge is 0.582 e. The van der Waals surface area contributed by atoms with Crippen molar-refractivity contribution in [2.45, 2.75) is 178 Å². The number of hydrogen-bond donors (Lipinski definition) is 5. The number of esters is 1. The number of piperidine rings is 1. The lowest BCUT2D eigenvalue weighted by molar-refractivity contribution is -0.896. The van der Waals surface area contributed by atoms with Gasteiger partial charge in [0.25, 0.3) is 0 Å². The van der Waals surface area contributed by atoms with E-state index < -0.39 is 63.4 Å². The molecule has 14 atom stereocenters. The summed E-state index contributed by atoms with van der Waals surface area (Å²) >= 11 is 0. The number of hydrogen-bond acceptors (Lipinski definition) is 16. The molecule has 8 heterocycles. The number of aryl methyl sites for hydroxylation is 2. The van der Waals surface area contributed by atoms with Crippen molar-refractivity contribution in [2.75, 3.05) is 63.9 Å². The number of nitrogens with one attached hydrogen (secondary N) is 2. The molecule has 14 rings (SSSR count). The van der Waals surface area contributed by atoms with Crippen LogP contribution in [0.1, 0.15) is 145 Å². The first-order valence-electron chi connectivity index (χ1n) is 37.1. The number of aliphatic hydroxyl groups is 3. The van der Waals surface area contributed by atoms with Gasteiger partial charge in [-0.1, -0.05) is 74.1 Å². The standard InChI is InChI=1S/C79H95N10O14/c1-7-75(100)40-53-41-78(49(4)92,60-39-61-63(37-48(60)3)88(47-91)73-77(61)28-34-84-30-14-27-76(8-2,72(77)84)74(102-51(6)94)79(73,101)50(5)93)69-59(58-15-11-12-16-62(58)81-69)26-35-89(45-53,46-75)44-52-18-22-57(23-19-52)103-66(97)25-33-86-43-56(82-83-86)42-85(32-24-64(95)80-29-36-90)65(96)17-10-9-13-31-87-70(98)67-54-20-21-55(38-54)68(67)71(87)99/h11-12,14-16,18-23,27,37,39,43-44,47,53-55,67-68,72-74,81,90,100-101H,7-10,13,17,24-26,28-36,38,40-42,45-46H2,1-6H3/q+1/p+1/t53-,54-,55+,67+,68-,72-,73+,74+,75-,76+,77+,78-,79-,89-/m0/s1. The molecule has 4 aliphatic carbocycles. The van der Waals surface area contributed by atoms with Crippen molar-refractivity contribution < 1.29 is 72.1 Å². The number of imide groups is 1. The van der Waals surface area contributed by atoms with Gasteiger partial charge in [0.2, 0.25) is 35.8 Å². The highest BCUT2D eigenvalue weighted by molar-refractivity contribution is 6.06. The highest BCUT2D eigenvalue weighted by Crippen LogP contribution is 2.68. The molecule has 2 saturated carbocycles. The molecule has 24 heteroatoms. The summed E-state index contributed by atoms with van der Waals surface area (Å²) in [4.78, 5) is 135. The molecule has 2 aromatic carbocycles. The molecule has 10 aliphatic rings. The fourth-order valence-electron chi connectivity index (χ4n) is 20.9. The van der Waals surface area contributed by atoms with Crippen LogP contribution in [0.5, 0.6) is 0 Å². The minimum Gasteiger partial charge on any atom is -0.458 e. The number of ether oxygens (including phenoxy) is 1. The molecular weight excluding hydrogens is 1310 g/mol. The van der Waals surface area contributed by atoms with Crippen molar-refractivity contribution in [3.05, 3.63) is 137 Å². The van der Waals surface area contributed by atoms with E-state index in [1.807, 2.05) is 69.3 Å². The zero-order chi connectivity index (χ0) is 72.7. The van der Waals surface area contributed by atoms with Crippen LogP contribution in [0, 0.1) is 41.9 Å². The van der Waals surface area contributed by atoms with E-state index in [9.17, 15) is 53.7 Å². The predicted octanol–water partition coefficient (Wildman–Crippen LogP) is 5.68. The highest BCUT2D eigenvalue weighted by atomic mass is 16.6. The van der Waals surface area contributed by atoms with Crippen LogP contribution in [0.4, 0.5) is 5.69 Å². The number of Topliss-reactive ketones (excluding diaryl/α,β-unsaturated/α-hetero) is 2. The molecule has 544 valence electrons. The second-order valence-electron chi connectivity index (χ2n) is 31.1. The van der Waals surface area contributed by atoms with Crippen molar-refractivity contribution in [3.8, 4) is 0 Å². The van der Waals surface area contributed by atoms with E-state index in [1.54, 1.807) is 25.3 Å². The van der Waals surface area contributed by atoms with E-state index in [1.165, 1.54) is 33.2 Å². The van der Waals surface area contributed by atoms with Crippen LogP contribution in [-0.2, 0) is 82.7 Å². The van der Waals surface area contributed by atoms with Gasteiger partial charge in [0.1, 0.15) is 36.2 Å². The number of carbonyl (C=O) groups excluding carboxylic acids is 10. The van der Waals surface area contributed by atoms with Gasteiger partial charge < -0.3 is 40.2 Å². The van der Waals surface area contributed by atoms with Crippen molar-refractivity contribution in [1.82, 2.24) is 40.0 Å². The second-order valence-corrected chi connectivity index (χ2v) is 31.1. The summed E-state index contributed by atoms with van der Waals surface area (Å²) in [5.41, 5.74) is -0.317. The fourth-order valence-corrected chi connectivity index (χ4v) is 20.9. The average molecular weight is 1410 g/mol. The lowest BCUT2D eigenvalue weighted by Crippen LogP contribution is -2.81. The lowest BCUT2D eigenvalue weighted by Gasteiger charge is -2.63. The Labute approximate surface area is 599 Å². The third kappa shape index (κ3) is 11.9. The number of aliphatic hydroxyl groups excluding tert-OH is 1. The summed E-state index contributed by atoms with van der Waals surface area (Å²) in [7, 11) is 0. The Bertz CT molecular complexity index is 4310. The maximum Gasteiger partial charge on any atom is 0.582 e. The van der Waals surface area contributed by atoms with Gasteiger partial charge in [0.05, 0.1) is 62.3 Å². The Morgan fingerprint density at radius 2 is 1.65 bits per heavy atom. The number of H-pyrrole nitrogens is 1. The molecule has 5 fully saturated rings. The zero-order valence-corrected chi connectivity index (χ0v) is 59.8. The first-order chi connectivity index (χ1) is 49.4. The predicted molar refractivity (Wildman–Crippen MR) is 379 cm³/mol. The Balaban J connectivity index is 0.698. The van der Waals surface area contributed by atoms with Crippen molar-refractivity contribution in [3.63, 3.8) is 0 Å². The number of unbranched alkanes of at least 4 members (excludes halogenated alkanes) is 2. The van der Waals surface area contributed by atoms with Crippen LogP contribution >= 0.6 is 0 Å². The number of rotatable bonds is 24. The minimum atomic E-state index is -2.35. The van der Waals surface area contributed by atoms with E-state index >= 15 is 4.79 Å². The molecule has 4 bridgehead atoms. The van der Waals surface area contributed by atoms with Crippen LogP contribution in [0.25, 0.3) is 10.9 Å². The molecule has 3 saturated heterocycles. The zero-order valence-electron chi connectivity index (χ0n) is 59.8. The molecule has 1 spiro atoms. The quantitative estimate of drug-likeness (QED) is 0.0107. The number of para-hydroxylation sites is 1. The number of benzene rings is 2. The van der Waals surface area contributed by atoms with Gasteiger partial charge in [-0.2, -0.15) is 0 Å². The van der Waals surface area contributed by atoms with Crippen molar-refractivity contribution in [2.24, 2.45) is 35.0 Å². The first kappa shape index (κ1) is 71.3. The number of fused-ring (bicyclic) bond motifs is 11. The van der Waals surface area contributed by atoms with E-state index in [4.69, 9.17) is 9.16 Å². The number of quaternary nitrogens is 1. The third-order valence-electron chi connectivity index (χ3n) is 25.2. The number of aromatic amines is 1. The van der Waals surface area contributed by atoms with Crippen LogP contribution in [0.3, 0.4) is 0 Å². The maximum absolute atomic E-state index is 15.8. The van der Waals surface area contributed by atoms with E-state index in [0.29, 0.717) is 125 Å². The fraction of sp³-hybridized carbons (Fsp3) is 0.544. The van der Waals surface area contributed by atoms with E-state index in [2.05, 4.69) is 56.0 Å². The van der Waals surface area contributed by atoms with Crippen LogP contribution in [0.2, 0.25) is 0 Å². The Hall–Kier alpha value is -8.68. The molecule has 5 N–H and O–H groups in total. The lowest BCUT2D eigenvalue weighted by atomic mass is 9.47. The third-order valence-corrected chi connectivity index (χ3v) is 25.2. The smallest absolute Gasteiger partial charge is 0.458 e. The number of amides is 5. The number of likely N-dealkylation sites (tertiary alicyclic amines) is 1. The van der Waals surface area contributed by atoms with Gasteiger partial charge in [-0.25, -0.2) is 0 Å². The van der Waals surface area contributed by atoms with Crippen molar-refractivity contribution in [1.29, 1.82) is 0 Å². The highest BCUT2D eigenvalue weighted by Gasteiger charge is 2.80. The van der Waals surface area contributed by atoms with Crippen LogP contribution in [-0.4, -0.2) is 202 Å². The number of allylic oxidation sites excluding steroid dienone is 7. The Morgan fingerprint density at radius 3 is 2.35 bits per heavy atom. The minimum absolute atomic E-state index is 0.00605. The topological polar surface area (TPSA) is 306 Å². The monoisotopic (exact) mass is 1410 g/mol. The summed E-state index contributed by atoms with van der Waals surface area (Å²) in [6, 6.07) is 10.6. The maximum atomic E-state index is 15.8. The van der Waals surface area contributed by atoms with Gasteiger partial charge in [0, 0.05) is 120 Å². The molecule has 4 aromatic rings. The SMILES string of the molecule is CC[C@]1(O)C[C@H]2C[C@](C(C)=O)(c3cc4c(cc3C)N(C=O)[C@H]3[C@@](O)(C(C)=O)[C@H](OC(C)=O)[C@]5(CC)C=CCN6CC[C@]43[C@@H]65)c3[nH]c4ccccc4c3CC[N@+](C=C3C=CC(=[O+]C(=O)CCn4cc(CN(CCC(=O)NCCO)C(=O)CCCCCN5C(=O)[C@@H]6[C@H](C5=O)[C@H]5C=C[C@@H]6C5)nn4)C=C3)(C2)C1. The summed E-state index contributed by atoms with van der Waals surface area (Å²) in [5, 5.41) is 47.8. The van der Waals surface area contributed by atoms with E-state index in [-0.39, 0.29) is 111 Å². The molecule has 103 heavy (non-hydrogen) atoms. The average Bonchev–Trinajstić information content (AvgIpc) is 1.49. The molecule has 5 amide bonds. The molecule has 24 nitrogen and oxygen atoms in total. The van der Waals surface area contributed by atoms with Gasteiger partial charge in [-0.3, -0.25) is 61.7 Å². The summed E-state index contributed by atoms with van der Waals surface area (Å²) in [5.74, 6) is -2.72. The number of nitrogens with zero attached hydrogens (tertiary/aromatic N) is 8. The molecule has 0 radical (unpaired) electrons. The number of ketones is 3. The number of aromatic nitrogens is 4. The number of anilines is 1. The van der Waals surface area contributed by atoms with Gasteiger partial charge >= 0.3 is 11.9 Å². The van der Waals surface area contributed by atoms with Gasteiger partial charge in [0.15, 0.2) is 17.5 Å². The molecule has 6 aliphatic heterocycles. The Kier molecular flexibility index (Phi) is 19.0. The van der Waals surface area contributed by atoms with Crippen LogP contribution in [0.15, 0.2) is 103 Å². The normalized spacial score (nSPS) is 32.0. The summed E-state index contributed by atoms with van der Waals surface area (Å²) in [6.45, 7) is 13.3. The molecule has 2 aromatic heterocycles. The second kappa shape index (κ2) is 27.4. The molecule has 0 unspecified atom stereocenters. The van der Waals surface area contributed by atoms with Gasteiger partial charge in [-0.05, 0) is 137 Å². The summed E-state index contributed by atoms with van der Waals surface area (Å²) < 4.78 is 14.0. The molecular formula is C79H96N10O14+2. The summed E-state index contributed by atoms with van der Waals surface area (Å²) in [6.07, 6.45) is 23.9. The van der Waals surface area contributed by atoms with Crippen LogP contribution < -0.4 is 10.2 Å². The first-order valence-corrected chi connectivity index (χ1v) is 37.1.